The van der Waals surface area contributed by atoms with Gasteiger partial charge in [-0.2, -0.15) is 0 Å². The van der Waals surface area contributed by atoms with Crippen molar-refractivity contribution in [3.05, 3.63) is 23.8 Å². The first-order chi connectivity index (χ1) is 6.50. The van der Waals surface area contributed by atoms with Gasteiger partial charge in [-0.05, 0) is 32.0 Å². The topological polar surface area (TPSA) is 81.1 Å². The Morgan fingerprint density at radius 3 is 2.50 bits per heavy atom. The van der Waals surface area contributed by atoms with Crippen LogP contribution in [0.15, 0.2) is 18.2 Å². The van der Waals surface area contributed by atoms with E-state index in [1.807, 2.05) is 13.8 Å². The Morgan fingerprint density at radius 1 is 1.43 bits per heavy atom. The van der Waals surface area contributed by atoms with Crippen molar-refractivity contribution in [3.63, 3.8) is 0 Å². The fourth-order valence-electron chi connectivity index (χ4n) is 1.16. The van der Waals surface area contributed by atoms with Crippen molar-refractivity contribution in [2.24, 2.45) is 5.73 Å². The molecular formula is C10H15N3O. The zero-order valence-electron chi connectivity index (χ0n) is 8.37. The third-order valence-electron chi connectivity index (χ3n) is 1.78. The highest BCUT2D eigenvalue weighted by Crippen LogP contribution is 2.20. The van der Waals surface area contributed by atoms with Crippen LogP contribution in [0.4, 0.5) is 11.4 Å². The number of carbonyl (C=O) groups is 1. The molecule has 1 amide bonds. The molecule has 0 atom stereocenters. The van der Waals surface area contributed by atoms with Gasteiger partial charge in [0.1, 0.15) is 0 Å². The molecule has 0 heterocycles. The van der Waals surface area contributed by atoms with Crippen LogP contribution < -0.4 is 16.8 Å². The maximum atomic E-state index is 10.8. The number of nitrogens with two attached hydrogens (primary N) is 2. The van der Waals surface area contributed by atoms with Crippen LogP contribution in [0.5, 0.6) is 0 Å². The van der Waals surface area contributed by atoms with Crippen molar-refractivity contribution in [1.82, 2.24) is 0 Å². The van der Waals surface area contributed by atoms with E-state index in [1.165, 1.54) is 0 Å². The minimum absolute atomic E-state index is 0.303. The molecule has 0 aliphatic heterocycles. The summed E-state index contributed by atoms with van der Waals surface area (Å²) in [4.78, 5) is 10.8. The van der Waals surface area contributed by atoms with Crippen LogP contribution in [0, 0.1) is 0 Å². The number of amides is 1. The van der Waals surface area contributed by atoms with E-state index in [2.05, 4.69) is 5.32 Å². The molecule has 14 heavy (non-hydrogen) atoms. The summed E-state index contributed by atoms with van der Waals surface area (Å²) in [6.45, 7) is 4.03. The average molecular weight is 193 g/mol. The second-order valence-corrected chi connectivity index (χ2v) is 3.47. The number of rotatable bonds is 3. The summed E-state index contributed by atoms with van der Waals surface area (Å²) < 4.78 is 0. The Bertz CT molecular complexity index is 347. The highest BCUT2D eigenvalue weighted by atomic mass is 16.1. The summed E-state index contributed by atoms with van der Waals surface area (Å²) in [6.07, 6.45) is 0. The maximum absolute atomic E-state index is 10.8. The lowest BCUT2D eigenvalue weighted by Crippen LogP contribution is -2.14. The third-order valence-corrected chi connectivity index (χ3v) is 1.78. The van der Waals surface area contributed by atoms with Crippen LogP contribution in [0.1, 0.15) is 24.2 Å². The molecule has 4 heteroatoms. The highest BCUT2D eigenvalue weighted by Gasteiger charge is 2.04. The van der Waals surface area contributed by atoms with E-state index in [0.717, 1.165) is 5.69 Å². The Balaban J connectivity index is 2.95. The summed E-state index contributed by atoms with van der Waals surface area (Å²) in [5.41, 5.74) is 12.6. The van der Waals surface area contributed by atoms with Crippen molar-refractivity contribution < 1.29 is 4.79 Å². The van der Waals surface area contributed by atoms with E-state index >= 15 is 0 Å². The molecule has 0 unspecified atom stereocenters. The molecule has 76 valence electrons. The Kier molecular flexibility index (Phi) is 2.96. The summed E-state index contributed by atoms with van der Waals surface area (Å²) in [6, 6.07) is 5.29. The van der Waals surface area contributed by atoms with E-state index in [1.54, 1.807) is 18.2 Å². The lowest BCUT2D eigenvalue weighted by Gasteiger charge is -2.12. The van der Waals surface area contributed by atoms with Crippen molar-refractivity contribution in [2.75, 3.05) is 11.1 Å². The summed E-state index contributed by atoms with van der Waals surface area (Å²) in [7, 11) is 0. The van der Waals surface area contributed by atoms with Crippen LogP contribution in [0.25, 0.3) is 0 Å². The molecule has 5 N–H and O–H groups in total. The van der Waals surface area contributed by atoms with E-state index in [0.29, 0.717) is 17.3 Å². The maximum Gasteiger partial charge on any atom is 0.248 e. The van der Waals surface area contributed by atoms with Gasteiger partial charge in [0.25, 0.3) is 0 Å². The van der Waals surface area contributed by atoms with Crippen LogP contribution in [0.3, 0.4) is 0 Å². The van der Waals surface area contributed by atoms with Crippen LogP contribution in [0.2, 0.25) is 0 Å². The number of nitrogen functional groups attached to an aromatic ring is 1. The van der Waals surface area contributed by atoms with Crippen molar-refractivity contribution in [2.45, 2.75) is 19.9 Å². The molecule has 4 nitrogen and oxygen atoms in total. The lowest BCUT2D eigenvalue weighted by molar-refractivity contribution is 0.100. The second-order valence-electron chi connectivity index (χ2n) is 3.47. The minimum atomic E-state index is -0.465. The molecule has 0 spiro atoms. The number of primary amides is 1. The van der Waals surface area contributed by atoms with Crippen LogP contribution in [-0.4, -0.2) is 11.9 Å². The minimum Gasteiger partial charge on any atom is -0.397 e. The van der Waals surface area contributed by atoms with Gasteiger partial charge in [-0.25, -0.2) is 0 Å². The Morgan fingerprint density at radius 2 is 2.07 bits per heavy atom. The molecule has 0 saturated carbocycles. The van der Waals surface area contributed by atoms with Gasteiger partial charge in [0, 0.05) is 11.6 Å². The standard InChI is InChI=1S/C10H15N3O/c1-6(2)13-9-4-3-7(10(12)14)5-8(9)11/h3-6,13H,11H2,1-2H3,(H2,12,14). The summed E-state index contributed by atoms with van der Waals surface area (Å²) >= 11 is 0. The molecular weight excluding hydrogens is 178 g/mol. The van der Waals surface area contributed by atoms with Gasteiger partial charge in [-0.3, -0.25) is 4.79 Å². The third kappa shape index (κ3) is 2.39. The van der Waals surface area contributed by atoms with Gasteiger partial charge in [-0.15, -0.1) is 0 Å². The number of carbonyl (C=O) groups excluding carboxylic acids is 1. The number of anilines is 2. The summed E-state index contributed by atoms with van der Waals surface area (Å²) in [5.74, 6) is -0.465. The molecule has 1 rings (SSSR count). The number of hydrogen-bond donors (Lipinski definition) is 3. The SMILES string of the molecule is CC(C)Nc1ccc(C(N)=O)cc1N. The molecule has 0 saturated heterocycles. The van der Waals surface area contributed by atoms with Gasteiger partial charge in [0.2, 0.25) is 5.91 Å². The number of nitrogens with one attached hydrogen (secondary N) is 1. The van der Waals surface area contributed by atoms with Gasteiger partial charge < -0.3 is 16.8 Å². The highest BCUT2D eigenvalue weighted by molar-refractivity contribution is 5.94. The van der Waals surface area contributed by atoms with E-state index in [4.69, 9.17) is 11.5 Å². The monoisotopic (exact) mass is 193 g/mol. The van der Waals surface area contributed by atoms with E-state index in [9.17, 15) is 4.79 Å². The zero-order chi connectivity index (χ0) is 10.7. The van der Waals surface area contributed by atoms with Crippen molar-refractivity contribution >= 4 is 17.3 Å². The zero-order valence-corrected chi connectivity index (χ0v) is 8.37. The number of benzene rings is 1. The fraction of sp³-hybridized carbons (Fsp3) is 0.300. The first kappa shape index (κ1) is 10.4. The smallest absolute Gasteiger partial charge is 0.248 e. The molecule has 0 aliphatic rings. The largest absolute Gasteiger partial charge is 0.397 e. The summed E-state index contributed by atoms with van der Waals surface area (Å²) in [5, 5.41) is 3.16. The predicted octanol–water partition coefficient (Wildman–Crippen LogP) is 1.19. The first-order valence-corrected chi connectivity index (χ1v) is 4.46. The molecule has 0 radical (unpaired) electrons. The van der Waals surface area contributed by atoms with E-state index < -0.39 is 5.91 Å². The molecule has 0 aliphatic carbocycles. The number of hydrogen-bond acceptors (Lipinski definition) is 3. The Labute approximate surface area is 83.3 Å². The molecule has 0 fully saturated rings. The second kappa shape index (κ2) is 4.00. The predicted molar refractivity (Wildman–Crippen MR) is 58.1 cm³/mol. The normalized spacial score (nSPS) is 10.2. The quantitative estimate of drug-likeness (QED) is 0.631. The average Bonchev–Trinajstić information content (AvgIpc) is 2.07. The van der Waals surface area contributed by atoms with Gasteiger partial charge in [-0.1, -0.05) is 0 Å². The van der Waals surface area contributed by atoms with Crippen LogP contribution in [-0.2, 0) is 0 Å². The van der Waals surface area contributed by atoms with Crippen molar-refractivity contribution in [3.8, 4) is 0 Å². The van der Waals surface area contributed by atoms with Gasteiger partial charge in [0.15, 0.2) is 0 Å². The van der Waals surface area contributed by atoms with Crippen LogP contribution >= 0.6 is 0 Å². The lowest BCUT2D eigenvalue weighted by atomic mass is 10.1. The van der Waals surface area contributed by atoms with Crippen molar-refractivity contribution in [1.29, 1.82) is 0 Å². The molecule has 0 bridgehead atoms. The Hall–Kier alpha value is -1.71. The fourth-order valence-corrected chi connectivity index (χ4v) is 1.16. The first-order valence-electron chi connectivity index (χ1n) is 4.46. The van der Waals surface area contributed by atoms with E-state index in [-0.39, 0.29) is 0 Å². The van der Waals surface area contributed by atoms with Gasteiger partial charge >= 0.3 is 0 Å². The molecule has 1 aromatic rings. The molecule has 1 aromatic carbocycles. The van der Waals surface area contributed by atoms with Gasteiger partial charge in [0.05, 0.1) is 11.4 Å². The molecule has 0 aromatic heterocycles.